The Labute approximate surface area is 165 Å². The van der Waals surface area contributed by atoms with E-state index in [1.807, 2.05) is 4.90 Å². The van der Waals surface area contributed by atoms with Gasteiger partial charge >= 0.3 is 0 Å². The standard InChI is InChI=1S/C16H26N4O2S.2ClH/c1-2-14-18-13(12-23-14)11-19-5-7-20(8-6-19)15(21)16(17)3-9-22-10-4-16;;/h12H,2-11,17H2,1H3;2*1H. The number of nitrogens with zero attached hydrogens (tertiary/aromatic N) is 3. The molecule has 2 aliphatic heterocycles. The molecule has 0 atom stereocenters. The number of hydrogen-bond donors (Lipinski definition) is 1. The lowest BCUT2D eigenvalue weighted by Crippen LogP contribution is -2.61. The second-order valence-corrected chi connectivity index (χ2v) is 7.37. The van der Waals surface area contributed by atoms with Crippen molar-refractivity contribution >= 4 is 42.1 Å². The Kier molecular flexibility index (Phi) is 9.08. The number of rotatable bonds is 4. The van der Waals surface area contributed by atoms with Gasteiger partial charge in [-0.25, -0.2) is 4.98 Å². The minimum atomic E-state index is -0.717. The average Bonchev–Trinajstić information content (AvgIpc) is 3.03. The van der Waals surface area contributed by atoms with Crippen LogP contribution >= 0.6 is 36.2 Å². The van der Waals surface area contributed by atoms with Gasteiger partial charge in [-0.1, -0.05) is 6.92 Å². The van der Waals surface area contributed by atoms with Crippen LogP contribution in [0.15, 0.2) is 5.38 Å². The summed E-state index contributed by atoms with van der Waals surface area (Å²) in [7, 11) is 0. The molecule has 2 N–H and O–H groups in total. The molecule has 0 aliphatic carbocycles. The molecule has 3 heterocycles. The molecule has 1 aromatic rings. The molecule has 6 nitrogen and oxygen atoms in total. The molecule has 1 aromatic heterocycles. The van der Waals surface area contributed by atoms with Gasteiger partial charge in [-0.15, -0.1) is 36.2 Å². The third kappa shape index (κ3) is 5.52. The van der Waals surface area contributed by atoms with Gasteiger partial charge in [-0.2, -0.15) is 0 Å². The van der Waals surface area contributed by atoms with Gasteiger partial charge in [-0.3, -0.25) is 9.69 Å². The molecule has 2 fully saturated rings. The van der Waals surface area contributed by atoms with Crippen molar-refractivity contribution in [2.45, 2.75) is 38.3 Å². The number of halogens is 2. The van der Waals surface area contributed by atoms with Crippen molar-refractivity contribution in [3.8, 4) is 0 Å². The summed E-state index contributed by atoms with van der Waals surface area (Å²) in [5, 5.41) is 3.34. The van der Waals surface area contributed by atoms with E-state index in [0.717, 1.165) is 44.8 Å². The number of piperazine rings is 1. The van der Waals surface area contributed by atoms with E-state index in [4.69, 9.17) is 10.5 Å². The van der Waals surface area contributed by atoms with Crippen LogP contribution in [0.2, 0.25) is 0 Å². The maximum atomic E-state index is 12.7. The molecule has 1 amide bonds. The molecule has 0 aromatic carbocycles. The van der Waals surface area contributed by atoms with E-state index in [-0.39, 0.29) is 30.7 Å². The first-order valence-electron chi connectivity index (χ1n) is 8.42. The van der Waals surface area contributed by atoms with E-state index in [9.17, 15) is 4.79 Å². The molecule has 0 radical (unpaired) electrons. The number of carbonyl (C=O) groups excluding carboxylic acids is 1. The van der Waals surface area contributed by atoms with Crippen molar-refractivity contribution in [2.24, 2.45) is 5.73 Å². The molecule has 2 saturated heterocycles. The molecule has 144 valence electrons. The summed E-state index contributed by atoms with van der Waals surface area (Å²) in [5.74, 6) is 0.0994. The number of thiazole rings is 1. The Hall–Kier alpha value is -0.440. The number of nitrogens with two attached hydrogens (primary N) is 1. The Bertz CT molecular complexity index is 544. The minimum Gasteiger partial charge on any atom is -0.381 e. The van der Waals surface area contributed by atoms with Crippen molar-refractivity contribution in [1.29, 1.82) is 0 Å². The third-order valence-corrected chi connectivity index (χ3v) is 5.80. The largest absolute Gasteiger partial charge is 0.381 e. The molecular weight excluding hydrogens is 383 g/mol. The monoisotopic (exact) mass is 410 g/mol. The van der Waals surface area contributed by atoms with Crippen LogP contribution in [0.1, 0.15) is 30.5 Å². The van der Waals surface area contributed by atoms with E-state index in [1.165, 1.54) is 5.01 Å². The van der Waals surface area contributed by atoms with Gasteiger partial charge in [0.15, 0.2) is 0 Å². The Morgan fingerprint density at radius 3 is 2.48 bits per heavy atom. The van der Waals surface area contributed by atoms with Crippen molar-refractivity contribution in [2.75, 3.05) is 39.4 Å². The van der Waals surface area contributed by atoms with Crippen molar-refractivity contribution < 1.29 is 9.53 Å². The predicted octanol–water partition coefficient (Wildman–Crippen LogP) is 1.70. The summed E-state index contributed by atoms with van der Waals surface area (Å²) >= 11 is 1.73. The van der Waals surface area contributed by atoms with E-state index in [2.05, 4.69) is 22.2 Å². The van der Waals surface area contributed by atoms with E-state index >= 15 is 0 Å². The second kappa shape index (κ2) is 10.0. The van der Waals surface area contributed by atoms with Gasteiger partial charge in [0.1, 0.15) is 0 Å². The first-order valence-corrected chi connectivity index (χ1v) is 9.30. The summed E-state index contributed by atoms with van der Waals surface area (Å²) in [6, 6.07) is 0. The van der Waals surface area contributed by atoms with Crippen molar-refractivity contribution in [3.63, 3.8) is 0 Å². The molecule has 0 spiro atoms. The Morgan fingerprint density at radius 2 is 1.92 bits per heavy atom. The summed E-state index contributed by atoms with van der Waals surface area (Å²) in [6.45, 7) is 7.46. The zero-order valence-corrected chi connectivity index (χ0v) is 17.1. The number of aromatic nitrogens is 1. The lowest BCUT2D eigenvalue weighted by atomic mass is 9.89. The van der Waals surface area contributed by atoms with E-state index in [1.54, 1.807) is 11.3 Å². The smallest absolute Gasteiger partial charge is 0.242 e. The highest BCUT2D eigenvalue weighted by atomic mass is 35.5. The highest BCUT2D eigenvalue weighted by molar-refractivity contribution is 7.09. The van der Waals surface area contributed by atoms with E-state index < -0.39 is 5.54 Å². The molecule has 25 heavy (non-hydrogen) atoms. The van der Waals surface area contributed by atoms with Gasteiger partial charge < -0.3 is 15.4 Å². The number of amides is 1. The fourth-order valence-electron chi connectivity index (χ4n) is 3.19. The fourth-order valence-corrected chi connectivity index (χ4v) is 3.92. The van der Waals surface area contributed by atoms with Crippen LogP contribution in [0.5, 0.6) is 0 Å². The Morgan fingerprint density at radius 1 is 1.28 bits per heavy atom. The normalized spacial score (nSPS) is 20.5. The minimum absolute atomic E-state index is 0. The highest BCUT2D eigenvalue weighted by Gasteiger charge is 2.39. The first-order chi connectivity index (χ1) is 11.1. The van der Waals surface area contributed by atoms with E-state index in [0.29, 0.717) is 26.1 Å². The molecular formula is C16H28Cl2N4O2S. The molecule has 9 heteroatoms. The zero-order valence-electron chi connectivity index (χ0n) is 14.6. The summed E-state index contributed by atoms with van der Waals surface area (Å²) in [4.78, 5) is 21.6. The maximum absolute atomic E-state index is 12.7. The Balaban J connectivity index is 0.00000156. The molecule has 2 aliphatic rings. The number of ether oxygens (including phenoxy) is 1. The van der Waals surface area contributed by atoms with Crippen LogP contribution in [-0.2, 0) is 22.5 Å². The van der Waals surface area contributed by atoms with Gasteiger partial charge in [0, 0.05) is 51.3 Å². The molecule has 0 unspecified atom stereocenters. The van der Waals surface area contributed by atoms with Crippen LogP contribution in [0.4, 0.5) is 0 Å². The number of hydrogen-bond acceptors (Lipinski definition) is 6. The van der Waals surface area contributed by atoms with Crippen LogP contribution < -0.4 is 5.73 Å². The maximum Gasteiger partial charge on any atom is 0.242 e. The summed E-state index contributed by atoms with van der Waals surface area (Å²) in [5.41, 5.74) is 6.74. The fraction of sp³-hybridized carbons (Fsp3) is 0.750. The topological polar surface area (TPSA) is 71.7 Å². The van der Waals surface area contributed by atoms with Crippen molar-refractivity contribution in [1.82, 2.24) is 14.8 Å². The summed E-state index contributed by atoms with van der Waals surface area (Å²) in [6.07, 6.45) is 2.25. The van der Waals surface area contributed by atoms with Gasteiger partial charge in [0.05, 0.1) is 16.2 Å². The van der Waals surface area contributed by atoms with Crippen LogP contribution in [0.3, 0.4) is 0 Å². The van der Waals surface area contributed by atoms with Gasteiger partial charge in [-0.05, 0) is 19.3 Å². The van der Waals surface area contributed by atoms with Gasteiger partial charge in [0.2, 0.25) is 5.91 Å². The van der Waals surface area contributed by atoms with Gasteiger partial charge in [0.25, 0.3) is 0 Å². The predicted molar refractivity (Wildman–Crippen MR) is 105 cm³/mol. The highest BCUT2D eigenvalue weighted by Crippen LogP contribution is 2.22. The number of aryl methyl sites for hydroxylation is 1. The van der Waals surface area contributed by atoms with Crippen LogP contribution in [0, 0.1) is 0 Å². The lowest BCUT2D eigenvalue weighted by molar-refractivity contribution is -0.142. The average molecular weight is 411 g/mol. The first kappa shape index (κ1) is 22.6. The van der Waals surface area contributed by atoms with Crippen LogP contribution in [-0.4, -0.2) is 65.6 Å². The summed E-state index contributed by atoms with van der Waals surface area (Å²) < 4.78 is 5.33. The quantitative estimate of drug-likeness (QED) is 0.817. The zero-order chi connectivity index (χ0) is 16.3. The second-order valence-electron chi connectivity index (χ2n) is 6.42. The molecule has 3 rings (SSSR count). The molecule has 0 bridgehead atoms. The SMILES string of the molecule is CCc1nc(CN2CCN(C(=O)C3(N)CCOCC3)CC2)cs1.Cl.Cl. The third-order valence-electron chi connectivity index (χ3n) is 4.76. The lowest BCUT2D eigenvalue weighted by Gasteiger charge is -2.40. The number of carbonyl (C=O) groups is 1. The molecule has 0 saturated carbocycles. The van der Waals surface area contributed by atoms with Crippen molar-refractivity contribution in [3.05, 3.63) is 16.1 Å². The van der Waals surface area contributed by atoms with Crippen LogP contribution in [0.25, 0.3) is 0 Å².